The highest BCUT2D eigenvalue weighted by atomic mass is 35.5. The summed E-state index contributed by atoms with van der Waals surface area (Å²) in [5.74, 6) is -0.924. The SMILES string of the molecule is CCn1nc(-c2ccc(Cl)cc2)c(C(=O)O)c1N. The summed E-state index contributed by atoms with van der Waals surface area (Å²) in [6.07, 6.45) is 0. The summed E-state index contributed by atoms with van der Waals surface area (Å²) in [6.45, 7) is 2.36. The van der Waals surface area contributed by atoms with Crippen molar-refractivity contribution < 1.29 is 9.90 Å². The molecule has 1 heterocycles. The Bertz CT molecular complexity index is 590. The van der Waals surface area contributed by atoms with Crippen LogP contribution in [0.4, 0.5) is 5.82 Å². The van der Waals surface area contributed by atoms with Gasteiger partial charge in [0.15, 0.2) is 0 Å². The minimum absolute atomic E-state index is 0.0270. The number of aromatic carboxylic acids is 1. The van der Waals surface area contributed by atoms with Gasteiger partial charge in [-0.25, -0.2) is 9.48 Å². The first-order chi connectivity index (χ1) is 8.54. The Morgan fingerprint density at radius 1 is 1.44 bits per heavy atom. The van der Waals surface area contributed by atoms with Gasteiger partial charge in [-0.2, -0.15) is 5.10 Å². The zero-order valence-electron chi connectivity index (χ0n) is 9.72. The third-order valence-corrected chi connectivity index (χ3v) is 2.87. The van der Waals surface area contributed by atoms with Crippen LogP contribution in [0.1, 0.15) is 17.3 Å². The van der Waals surface area contributed by atoms with E-state index in [9.17, 15) is 9.90 Å². The number of rotatable bonds is 3. The van der Waals surface area contributed by atoms with E-state index in [1.165, 1.54) is 4.68 Å². The van der Waals surface area contributed by atoms with Crippen molar-refractivity contribution >= 4 is 23.4 Å². The molecule has 1 aromatic heterocycles. The maximum Gasteiger partial charge on any atom is 0.341 e. The molecule has 0 unspecified atom stereocenters. The first-order valence-corrected chi connectivity index (χ1v) is 5.78. The second-order valence-corrected chi connectivity index (χ2v) is 4.17. The van der Waals surface area contributed by atoms with E-state index in [0.717, 1.165) is 0 Å². The lowest BCUT2D eigenvalue weighted by Crippen LogP contribution is -2.05. The van der Waals surface area contributed by atoms with E-state index in [1.807, 2.05) is 6.92 Å². The molecule has 0 aliphatic carbocycles. The van der Waals surface area contributed by atoms with Crippen molar-refractivity contribution in [3.05, 3.63) is 34.9 Å². The van der Waals surface area contributed by atoms with Crippen molar-refractivity contribution in [1.82, 2.24) is 9.78 Å². The molecule has 0 aliphatic heterocycles. The number of benzene rings is 1. The maximum atomic E-state index is 11.3. The van der Waals surface area contributed by atoms with Gasteiger partial charge in [-0.3, -0.25) is 0 Å². The minimum Gasteiger partial charge on any atom is -0.477 e. The lowest BCUT2D eigenvalue weighted by molar-refractivity contribution is 0.0699. The van der Waals surface area contributed by atoms with Gasteiger partial charge in [0.05, 0.1) is 0 Å². The quantitative estimate of drug-likeness (QED) is 0.893. The van der Waals surface area contributed by atoms with Gasteiger partial charge >= 0.3 is 5.97 Å². The van der Waals surface area contributed by atoms with E-state index in [4.69, 9.17) is 17.3 Å². The van der Waals surface area contributed by atoms with E-state index in [0.29, 0.717) is 22.8 Å². The van der Waals surface area contributed by atoms with E-state index in [-0.39, 0.29) is 11.4 Å². The number of aromatic nitrogens is 2. The number of hydrogen-bond donors (Lipinski definition) is 2. The number of nitrogen functional groups attached to an aromatic ring is 1. The van der Waals surface area contributed by atoms with Gasteiger partial charge < -0.3 is 10.8 Å². The number of carboxylic acid groups (broad SMARTS) is 1. The molecule has 5 nitrogen and oxygen atoms in total. The van der Waals surface area contributed by atoms with E-state index < -0.39 is 5.97 Å². The Morgan fingerprint density at radius 3 is 2.56 bits per heavy atom. The van der Waals surface area contributed by atoms with Gasteiger partial charge in [-0.15, -0.1) is 0 Å². The number of aryl methyl sites for hydroxylation is 1. The van der Waals surface area contributed by atoms with Crippen LogP contribution in [0.3, 0.4) is 0 Å². The molecule has 0 saturated carbocycles. The number of nitrogens with two attached hydrogens (primary N) is 1. The fraction of sp³-hybridized carbons (Fsp3) is 0.167. The zero-order chi connectivity index (χ0) is 13.3. The van der Waals surface area contributed by atoms with Crippen molar-refractivity contribution in [2.24, 2.45) is 0 Å². The summed E-state index contributed by atoms with van der Waals surface area (Å²) in [4.78, 5) is 11.3. The van der Waals surface area contributed by atoms with Gasteiger partial charge in [-0.05, 0) is 19.1 Å². The molecule has 0 aliphatic rings. The van der Waals surface area contributed by atoms with Crippen LogP contribution >= 0.6 is 11.6 Å². The van der Waals surface area contributed by atoms with Gasteiger partial charge in [0.1, 0.15) is 17.1 Å². The summed E-state index contributed by atoms with van der Waals surface area (Å²) in [6, 6.07) is 6.81. The van der Waals surface area contributed by atoms with Crippen molar-refractivity contribution in [2.45, 2.75) is 13.5 Å². The fourth-order valence-corrected chi connectivity index (χ4v) is 1.86. The molecule has 0 radical (unpaired) electrons. The Morgan fingerprint density at radius 2 is 2.06 bits per heavy atom. The molecule has 1 aromatic carbocycles. The van der Waals surface area contributed by atoms with Crippen LogP contribution in [0.15, 0.2) is 24.3 Å². The smallest absolute Gasteiger partial charge is 0.341 e. The summed E-state index contributed by atoms with van der Waals surface area (Å²) in [5.41, 5.74) is 6.84. The van der Waals surface area contributed by atoms with Gasteiger partial charge in [0.2, 0.25) is 0 Å². The maximum absolute atomic E-state index is 11.3. The van der Waals surface area contributed by atoms with E-state index in [1.54, 1.807) is 24.3 Å². The van der Waals surface area contributed by atoms with Crippen molar-refractivity contribution in [1.29, 1.82) is 0 Å². The topological polar surface area (TPSA) is 81.1 Å². The number of nitrogens with zero attached hydrogens (tertiary/aromatic N) is 2. The van der Waals surface area contributed by atoms with Crippen LogP contribution in [-0.4, -0.2) is 20.9 Å². The average Bonchev–Trinajstić information content (AvgIpc) is 2.67. The predicted molar refractivity (Wildman–Crippen MR) is 69.7 cm³/mol. The number of anilines is 1. The highest BCUT2D eigenvalue weighted by Gasteiger charge is 2.22. The van der Waals surface area contributed by atoms with Crippen molar-refractivity contribution in [2.75, 3.05) is 5.73 Å². The molecule has 6 heteroatoms. The molecule has 0 fully saturated rings. The summed E-state index contributed by atoms with van der Waals surface area (Å²) in [7, 11) is 0. The summed E-state index contributed by atoms with van der Waals surface area (Å²) in [5, 5.41) is 14.0. The molecular formula is C12H12ClN3O2. The molecule has 0 bridgehead atoms. The van der Waals surface area contributed by atoms with E-state index >= 15 is 0 Å². The Hall–Kier alpha value is -2.01. The molecule has 3 N–H and O–H groups in total. The number of halogens is 1. The minimum atomic E-state index is -1.09. The zero-order valence-corrected chi connectivity index (χ0v) is 10.5. The first-order valence-electron chi connectivity index (χ1n) is 5.40. The summed E-state index contributed by atoms with van der Waals surface area (Å²) >= 11 is 5.80. The largest absolute Gasteiger partial charge is 0.477 e. The lowest BCUT2D eigenvalue weighted by Gasteiger charge is -1.99. The number of carbonyl (C=O) groups is 1. The Balaban J connectivity index is 2.63. The highest BCUT2D eigenvalue weighted by molar-refractivity contribution is 6.30. The first kappa shape index (κ1) is 12.4. The molecule has 2 aromatic rings. The third kappa shape index (κ3) is 2.04. The van der Waals surface area contributed by atoms with Gasteiger partial charge in [0, 0.05) is 17.1 Å². The molecule has 0 amide bonds. The second-order valence-electron chi connectivity index (χ2n) is 3.74. The van der Waals surface area contributed by atoms with Crippen LogP contribution < -0.4 is 5.73 Å². The molecule has 0 saturated heterocycles. The number of carboxylic acids is 1. The molecule has 0 spiro atoms. The molecular weight excluding hydrogens is 254 g/mol. The van der Waals surface area contributed by atoms with Crippen LogP contribution in [0.5, 0.6) is 0 Å². The Labute approximate surface area is 109 Å². The average molecular weight is 266 g/mol. The van der Waals surface area contributed by atoms with Crippen LogP contribution in [0.2, 0.25) is 5.02 Å². The molecule has 18 heavy (non-hydrogen) atoms. The van der Waals surface area contributed by atoms with Crippen molar-refractivity contribution in [3.8, 4) is 11.3 Å². The summed E-state index contributed by atoms with van der Waals surface area (Å²) < 4.78 is 1.47. The van der Waals surface area contributed by atoms with Gasteiger partial charge in [0.25, 0.3) is 0 Å². The fourth-order valence-electron chi connectivity index (χ4n) is 1.74. The molecule has 0 atom stereocenters. The van der Waals surface area contributed by atoms with Crippen LogP contribution in [0.25, 0.3) is 11.3 Å². The molecule has 94 valence electrons. The van der Waals surface area contributed by atoms with Gasteiger partial charge in [-0.1, -0.05) is 23.7 Å². The standard InChI is InChI=1S/C12H12ClN3O2/c1-2-16-11(14)9(12(17)18)10(15-16)7-3-5-8(13)6-4-7/h3-6H,2,14H2,1H3,(H,17,18). The lowest BCUT2D eigenvalue weighted by atomic mass is 10.1. The highest BCUT2D eigenvalue weighted by Crippen LogP contribution is 2.28. The predicted octanol–water partition coefficient (Wildman–Crippen LogP) is 2.50. The molecule has 2 rings (SSSR count). The normalized spacial score (nSPS) is 10.6. The number of hydrogen-bond acceptors (Lipinski definition) is 3. The van der Waals surface area contributed by atoms with E-state index in [2.05, 4.69) is 5.10 Å². The van der Waals surface area contributed by atoms with Crippen LogP contribution in [-0.2, 0) is 6.54 Å². The van der Waals surface area contributed by atoms with Crippen LogP contribution in [0, 0.1) is 0 Å². The third-order valence-electron chi connectivity index (χ3n) is 2.62. The second kappa shape index (κ2) is 4.70. The monoisotopic (exact) mass is 265 g/mol. The van der Waals surface area contributed by atoms with Crippen molar-refractivity contribution in [3.63, 3.8) is 0 Å². The Kier molecular flexibility index (Phi) is 3.25.